The highest BCUT2D eigenvalue weighted by Crippen LogP contribution is 2.39. The van der Waals surface area contributed by atoms with Gasteiger partial charge in [0.25, 0.3) is 11.1 Å². The highest BCUT2D eigenvalue weighted by Gasteiger charge is 2.36. The number of thioether (sulfide) groups is 1. The van der Waals surface area contributed by atoms with Crippen LogP contribution in [0.4, 0.5) is 4.79 Å². The van der Waals surface area contributed by atoms with E-state index in [1.54, 1.807) is 37.3 Å². The lowest BCUT2D eigenvalue weighted by Crippen LogP contribution is -2.34. The number of hydrogen-bond acceptors (Lipinski definition) is 7. The van der Waals surface area contributed by atoms with Crippen LogP contribution >= 0.6 is 46.6 Å². The van der Waals surface area contributed by atoms with Crippen LogP contribution in [0.5, 0.6) is 11.5 Å². The molecule has 34 heavy (non-hydrogen) atoms. The lowest BCUT2D eigenvalue weighted by molar-refractivity contribution is -0.145. The Morgan fingerprint density at radius 3 is 2.44 bits per heavy atom. The quantitative estimate of drug-likeness (QED) is 0.274. The van der Waals surface area contributed by atoms with E-state index >= 15 is 0 Å². The van der Waals surface area contributed by atoms with Crippen LogP contribution in [0.25, 0.3) is 6.08 Å². The van der Waals surface area contributed by atoms with E-state index in [-0.39, 0.29) is 23.1 Å². The van der Waals surface area contributed by atoms with E-state index in [1.165, 1.54) is 6.08 Å². The summed E-state index contributed by atoms with van der Waals surface area (Å²) < 4.78 is 16.4. The molecule has 0 bridgehead atoms. The number of esters is 1. The van der Waals surface area contributed by atoms with Crippen LogP contribution in [0.2, 0.25) is 15.1 Å². The van der Waals surface area contributed by atoms with Gasteiger partial charge in [0.2, 0.25) is 0 Å². The Hall–Kier alpha value is -2.39. The Kier molecular flexibility index (Phi) is 9.13. The molecule has 2 amide bonds. The molecule has 1 aliphatic rings. The number of nitrogens with zero attached hydrogens (tertiary/aromatic N) is 1. The number of imide groups is 1. The zero-order chi connectivity index (χ0) is 24.8. The molecule has 0 atom stereocenters. The minimum absolute atomic E-state index is 0.150. The standard InChI is InChI=1S/C23H20Cl3NO6S/c1-3-31-18-9-14(10-19-22(29)27(23(30)34-19)11-20(28)32-4-2)8-17(26)21(18)33-12-13-5-6-15(24)16(25)7-13/h5-10H,3-4,11-12H2,1-2H3/b19-10+. The van der Waals surface area contributed by atoms with Gasteiger partial charge in [0.1, 0.15) is 13.2 Å². The van der Waals surface area contributed by atoms with Crippen LogP contribution in [0.1, 0.15) is 25.0 Å². The van der Waals surface area contributed by atoms with Gasteiger partial charge in [-0.2, -0.15) is 0 Å². The van der Waals surface area contributed by atoms with Gasteiger partial charge < -0.3 is 14.2 Å². The summed E-state index contributed by atoms with van der Waals surface area (Å²) in [5.74, 6) is -0.553. The normalized spacial score (nSPS) is 14.6. The Morgan fingerprint density at radius 2 is 1.76 bits per heavy atom. The van der Waals surface area contributed by atoms with Crippen molar-refractivity contribution in [2.75, 3.05) is 19.8 Å². The maximum absolute atomic E-state index is 12.6. The Bertz CT molecular complexity index is 1150. The molecular weight excluding hydrogens is 525 g/mol. The molecule has 180 valence electrons. The van der Waals surface area contributed by atoms with Crippen molar-refractivity contribution in [3.63, 3.8) is 0 Å². The number of hydrogen-bond donors (Lipinski definition) is 0. The van der Waals surface area contributed by atoms with E-state index in [0.29, 0.717) is 33.7 Å². The average molecular weight is 545 g/mol. The van der Waals surface area contributed by atoms with Gasteiger partial charge in [-0.05, 0) is 67.1 Å². The second-order valence-electron chi connectivity index (χ2n) is 6.87. The van der Waals surface area contributed by atoms with E-state index < -0.39 is 23.7 Å². The third kappa shape index (κ3) is 6.39. The van der Waals surface area contributed by atoms with Crippen LogP contribution in [-0.4, -0.2) is 41.8 Å². The van der Waals surface area contributed by atoms with Crippen LogP contribution in [0, 0.1) is 0 Å². The number of carbonyl (C=O) groups excluding carboxylic acids is 3. The summed E-state index contributed by atoms with van der Waals surface area (Å²) in [4.78, 5) is 37.5. The second kappa shape index (κ2) is 11.8. The van der Waals surface area contributed by atoms with Crippen molar-refractivity contribution in [3.05, 3.63) is 61.4 Å². The van der Waals surface area contributed by atoms with Crippen molar-refractivity contribution in [1.82, 2.24) is 4.90 Å². The molecule has 0 unspecified atom stereocenters. The van der Waals surface area contributed by atoms with E-state index in [1.807, 2.05) is 6.92 Å². The van der Waals surface area contributed by atoms with E-state index in [9.17, 15) is 14.4 Å². The van der Waals surface area contributed by atoms with Crippen LogP contribution in [-0.2, 0) is 20.9 Å². The molecule has 0 aromatic heterocycles. The molecular formula is C23H20Cl3NO6S. The molecule has 0 aliphatic carbocycles. The van der Waals surface area contributed by atoms with Crippen LogP contribution < -0.4 is 9.47 Å². The maximum Gasteiger partial charge on any atom is 0.326 e. The summed E-state index contributed by atoms with van der Waals surface area (Å²) in [6, 6.07) is 8.39. The summed E-state index contributed by atoms with van der Waals surface area (Å²) in [6.07, 6.45) is 1.51. The highest BCUT2D eigenvalue weighted by molar-refractivity contribution is 8.18. The van der Waals surface area contributed by atoms with Crippen molar-refractivity contribution in [2.24, 2.45) is 0 Å². The lowest BCUT2D eigenvalue weighted by Gasteiger charge is -2.15. The first-order valence-corrected chi connectivity index (χ1v) is 12.1. The largest absolute Gasteiger partial charge is 0.490 e. The minimum Gasteiger partial charge on any atom is -0.490 e. The molecule has 2 aromatic rings. The highest BCUT2D eigenvalue weighted by atomic mass is 35.5. The van der Waals surface area contributed by atoms with Gasteiger partial charge in [0.05, 0.1) is 33.2 Å². The first-order chi connectivity index (χ1) is 16.2. The van der Waals surface area contributed by atoms with Gasteiger partial charge in [0, 0.05) is 0 Å². The molecule has 0 spiro atoms. The molecule has 0 N–H and O–H groups in total. The number of benzene rings is 2. The van der Waals surface area contributed by atoms with Crippen molar-refractivity contribution in [1.29, 1.82) is 0 Å². The van der Waals surface area contributed by atoms with Crippen molar-refractivity contribution >= 4 is 69.8 Å². The molecule has 7 nitrogen and oxygen atoms in total. The fourth-order valence-corrected chi connectivity index (χ4v) is 4.42. The van der Waals surface area contributed by atoms with Gasteiger partial charge in [-0.1, -0.05) is 40.9 Å². The lowest BCUT2D eigenvalue weighted by atomic mass is 10.1. The predicted octanol–water partition coefficient (Wildman–Crippen LogP) is 6.22. The van der Waals surface area contributed by atoms with Crippen LogP contribution in [0.3, 0.4) is 0 Å². The minimum atomic E-state index is -0.656. The predicted molar refractivity (Wildman–Crippen MR) is 133 cm³/mol. The molecule has 1 saturated heterocycles. The second-order valence-corrected chi connectivity index (χ2v) is 9.09. The molecule has 1 heterocycles. The number of halogens is 3. The van der Waals surface area contributed by atoms with Gasteiger partial charge in [-0.3, -0.25) is 19.3 Å². The Labute approximate surface area is 215 Å². The number of amides is 2. The molecule has 3 rings (SSSR count). The fraction of sp³-hybridized carbons (Fsp3) is 0.261. The Balaban J connectivity index is 1.82. The first-order valence-electron chi connectivity index (χ1n) is 10.2. The van der Waals surface area contributed by atoms with Crippen molar-refractivity contribution in [2.45, 2.75) is 20.5 Å². The number of ether oxygens (including phenoxy) is 3. The molecule has 11 heteroatoms. The zero-order valence-electron chi connectivity index (χ0n) is 18.2. The summed E-state index contributed by atoms with van der Waals surface area (Å²) in [7, 11) is 0. The van der Waals surface area contributed by atoms with Crippen molar-refractivity contribution < 1.29 is 28.6 Å². The third-order valence-corrected chi connectivity index (χ3v) is 6.39. The summed E-state index contributed by atoms with van der Waals surface area (Å²) in [5.41, 5.74) is 1.31. The molecule has 1 fully saturated rings. The Morgan fingerprint density at radius 1 is 1.00 bits per heavy atom. The number of rotatable bonds is 9. The smallest absolute Gasteiger partial charge is 0.326 e. The first kappa shape index (κ1) is 26.2. The average Bonchev–Trinajstić information content (AvgIpc) is 3.03. The van der Waals surface area contributed by atoms with Gasteiger partial charge in [-0.25, -0.2) is 0 Å². The SMILES string of the molecule is CCOC(=O)CN1C(=O)S/C(=C/c2cc(Cl)c(OCc3ccc(Cl)c(Cl)c3)c(OCC)c2)C1=O. The van der Waals surface area contributed by atoms with E-state index in [2.05, 4.69) is 0 Å². The van der Waals surface area contributed by atoms with Crippen molar-refractivity contribution in [3.8, 4) is 11.5 Å². The molecule has 1 aliphatic heterocycles. The summed E-state index contributed by atoms with van der Waals surface area (Å²) in [5, 5.41) is 0.547. The summed E-state index contributed by atoms with van der Waals surface area (Å²) >= 11 is 19.2. The van der Waals surface area contributed by atoms with Gasteiger partial charge in [0.15, 0.2) is 11.5 Å². The topological polar surface area (TPSA) is 82.1 Å². The molecule has 2 aromatic carbocycles. The van der Waals surface area contributed by atoms with E-state index in [0.717, 1.165) is 22.2 Å². The van der Waals surface area contributed by atoms with Crippen LogP contribution in [0.15, 0.2) is 35.2 Å². The number of carbonyl (C=O) groups is 3. The van der Waals surface area contributed by atoms with E-state index in [4.69, 9.17) is 49.0 Å². The monoisotopic (exact) mass is 543 g/mol. The molecule has 0 saturated carbocycles. The fourth-order valence-electron chi connectivity index (χ4n) is 2.98. The van der Waals surface area contributed by atoms with Gasteiger partial charge >= 0.3 is 5.97 Å². The molecule has 0 radical (unpaired) electrons. The maximum atomic E-state index is 12.6. The zero-order valence-corrected chi connectivity index (χ0v) is 21.3. The van der Waals surface area contributed by atoms with Gasteiger partial charge in [-0.15, -0.1) is 0 Å². The summed E-state index contributed by atoms with van der Waals surface area (Å²) in [6.45, 7) is 3.68. The third-order valence-electron chi connectivity index (χ3n) is 4.46.